The molecule has 0 fully saturated rings. The lowest BCUT2D eigenvalue weighted by Crippen LogP contribution is -2.23. The minimum absolute atomic E-state index is 0.270. The molecule has 0 bridgehead atoms. The standard InChI is InChI=1S/C16H14FN5O2S3/c1-8(13(24)20-14-11(12(18)23)6-7-25-14)26-16-22-21-15(27-16)19-10-4-2-9(17)3-5-10/h2-8H,1H3,(H2,18,23)(H,19,21)(H,20,24). The highest BCUT2D eigenvalue weighted by molar-refractivity contribution is 8.02. The second kappa shape index (κ2) is 8.46. The minimum Gasteiger partial charge on any atom is -0.366 e. The molecule has 0 aliphatic rings. The van der Waals surface area contributed by atoms with Crippen molar-refractivity contribution in [3.05, 3.63) is 47.1 Å². The molecule has 0 saturated heterocycles. The number of benzene rings is 1. The van der Waals surface area contributed by atoms with Crippen LogP contribution in [0.15, 0.2) is 40.1 Å². The summed E-state index contributed by atoms with van der Waals surface area (Å²) < 4.78 is 13.5. The Morgan fingerprint density at radius 3 is 2.67 bits per heavy atom. The Morgan fingerprint density at radius 2 is 1.96 bits per heavy atom. The lowest BCUT2D eigenvalue weighted by atomic mass is 10.3. The number of hydrogen-bond donors (Lipinski definition) is 3. The van der Waals surface area contributed by atoms with E-state index in [1.165, 1.54) is 46.6 Å². The van der Waals surface area contributed by atoms with Crippen molar-refractivity contribution < 1.29 is 14.0 Å². The third kappa shape index (κ3) is 5.02. The molecule has 0 aliphatic heterocycles. The summed E-state index contributed by atoms with van der Waals surface area (Å²) in [5.41, 5.74) is 6.25. The van der Waals surface area contributed by atoms with Crippen molar-refractivity contribution in [1.82, 2.24) is 10.2 Å². The number of nitrogens with one attached hydrogen (secondary N) is 2. The van der Waals surface area contributed by atoms with Crippen LogP contribution in [0, 0.1) is 5.82 Å². The maximum absolute atomic E-state index is 12.9. The van der Waals surface area contributed by atoms with Gasteiger partial charge in [0, 0.05) is 5.69 Å². The molecular formula is C16H14FN5O2S3. The van der Waals surface area contributed by atoms with Gasteiger partial charge in [-0.05, 0) is 42.6 Å². The number of rotatable bonds is 7. The highest BCUT2D eigenvalue weighted by Gasteiger charge is 2.20. The van der Waals surface area contributed by atoms with E-state index in [0.717, 1.165) is 0 Å². The molecule has 3 rings (SSSR count). The summed E-state index contributed by atoms with van der Waals surface area (Å²) in [5, 5.41) is 16.0. The fourth-order valence-electron chi connectivity index (χ4n) is 1.98. The van der Waals surface area contributed by atoms with Gasteiger partial charge in [-0.15, -0.1) is 21.5 Å². The first-order valence-electron chi connectivity index (χ1n) is 7.63. The summed E-state index contributed by atoms with van der Waals surface area (Å²) in [5.74, 6) is -1.18. The SMILES string of the molecule is CC(Sc1nnc(Nc2ccc(F)cc2)s1)C(=O)Nc1sccc1C(N)=O. The van der Waals surface area contributed by atoms with Gasteiger partial charge in [-0.1, -0.05) is 23.1 Å². The van der Waals surface area contributed by atoms with Crippen LogP contribution in [-0.4, -0.2) is 27.3 Å². The summed E-state index contributed by atoms with van der Waals surface area (Å²) in [6, 6.07) is 7.44. The van der Waals surface area contributed by atoms with E-state index in [4.69, 9.17) is 5.73 Å². The summed E-state index contributed by atoms with van der Waals surface area (Å²) in [7, 11) is 0. The zero-order valence-corrected chi connectivity index (χ0v) is 16.4. The Bertz CT molecular complexity index is 957. The number of carbonyl (C=O) groups is 2. The van der Waals surface area contributed by atoms with Crippen molar-refractivity contribution in [3.8, 4) is 0 Å². The summed E-state index contributed by atoms with van der Waals surface area (Å²) in [6.07, 6.45) is 0. The van der Waals surface area contributed by atoms with E-state index in [1.807, 2.05) is 0 Å². The number of amides is 2. The number of nitrogens with two attached hydrogens (primary N) is 1. The highest BCUT2D eigenvalue weighted by Crippen LogP contribution is 2.31. The number of primary amides is 1. The van der Waals surface area contributed by atoms with Gasteiger partial charge in [0.25, 0.3) is 5.91 Å². The van der Waals surface area contributed by atoms with Crippen LogP contribution in [-0.2, 0) is 4.79 Å². The monoisotopic (exact) mass is 423 g/mol. The average molecular weight is 424 g/mol. The van der Waals surface area contributed by atoms with Crippen LogP contribution in [0.5, 0.6) is 0 Å². The summed E-state index contributed by atoms with van der Waals surface area (Å²) in [4.78, 5) is 23.7. The lowest BCUT2D eigenvalue weighted by molar-refractivity contribution is -0.115. The van der Waals surface area contributed by atoms with E-state index in [-0.39, 0.29) is 17.3 Å². The normalized spacial score (nSPS) is 11.8. The van der Waals surface area contributed by atoms with Crippen LogP contribution in [0.4, 0.5) is 20.2 Å². The first kappa shape index (κ1) is 19.3. The molecule has 0 spiro atoms. The Labute approximate surface area is 166 Å². The van der Waals surface area contributed by atoms with Crippen LogP contribution < -0.4 is 16.4 Å². The number of thiophene rings is 1. The summed E-state index contributed by atoms with van der Waals surface area (Å²) >= 11 is 3.75. The van der Waals surface area contributed by atoms with Crippen LogP contribution in [0.2, 0.25) is 0 Å². The molecule has 1 atom stereocenters. The van der Waals surface area contributed by atoms with Gasteiger partial charge in [0.15, 0.2) is 4.34 Å². The molecule has 0 saturated carbocycles. The van der Waals surface area contributed by atoms with Crippen molar-refractivity contribution in [2.75, 3.05) is 10.6 Å². The topological polar surface area (TPSA) is 110 Å². The van der Waals surface area contributed by atoms with Crippen molar-refractivity contribution in [1.29, 1.82) is 0 Å². The van der Waals surface area contributed by atoms with Gasteiger partial charge in [-0.2, -0.15) is 0 Å². The van der Waals surface area contributed by atoms with Crippen molar-refractivity contribution in [2.45, 2.75) is 16.5 Å². The summed E-state index contributed by atoms with van der Waals surface area (Å²) in [6.45, 7) is 1.73. The zero-order chi connectivity index (χ0) is 19.4. The maximum atomic E-state index is 12.9. The molecule has 27 heavy (non-hydrogen) atoms. The zero-order valence-electron chi connectivity index (χ0n) is 13.9. The van der Waals surface area contributed by atoms with E-state index in [1.54, 1.807) is 30.5 Å². The molecular weight excluding hydrogens is 409 g/mol. The third-order valence-corrected chi connectivity index (χ3v) is 6.17. The minimum atomic E-state index is -0.590. The lowest BCUT2D eigenvalue weighted by Gasteiger charge is -2.09. The van der Waals surface area contributed by atoms with Gasteiger partial charge in [0.2, 0.25) is 11.0 Å². The number of thioether (sulfide) groups is 1. The first-order chi connectivity index (χ1) is 12.9. The predicted molar refractivity (Wildman–Crippen MR) is 106 cm³/mol. The van der Waals surface area contributed by atoms with Gasteiger partial charge in [-0.25, -0.2) is 4.39 Å². The Hall–Kier alpha value is -2.50. The van der Waals surface area contributed by atoms with Gasteiger partial charge in [0.05, 0.1) is 10.8 Å². The molecule has 11 heteroatoms. The fourth-order valence-corrected chi connectivity index (χ4v) is 4.69. The third-order valence-electron chi connectivity index (χ3n) is 3.32. The molecule has 0 radical (unpaired) electrons. The molecule has 2 aromatic heterocycles. The second-order valence-electron chi connectivity index (χ2n) is 5.28. The van der Waals surface area contributed by atoms with Crippen LogP contribution in [0.3, 0.4) is 0 Å². The quantitative estimate of drug-likeness (QED) is 0.500. The highest BCUT2D eigenvalue weighted by atomic mass is 32.2. The number of halogens is 1. The number of nitrogens with zero attached hydrogens (tertiary/aromatic N) is 2. The molecule has 0 aliphatic carbocycles. The van der Waals surface area contributed by atoms with Crippen molar-refractivity contribution in [3.63, 3.8) is 0 Å². The largest absolute Gasteiger partial charge is 0.366 e. The van der Waals surface area contributed by atoms with E-state index in [9.17, 15) is 14.0 Å². The van der Waals surface area contributed by atoms with Gasteiger partial charge in [-0.3, -0.25) is 9.59 Å². The first-order valence-corrected chi connectivity index (χ1v) is 10.2. The average Bonchev–Trinajstić information content (AvgIpc) is 3.26. The molecule has 2 amide bonds. The molecule has 1 aromatic carbocycles. The fraction of sp³-hybridized carbons (Fsp3) is 0.125. The maximum Gasteiger partial charge on any atom is 0.251 e. The number of carbonyl (C=O) groups excluding carboxylic acids is 2. The van der Waals surface area contributed by atoms with E-state index in [0.29, 0.717) is 20.2 Å². The molecule has 7 nitrogen and oxygen atoms in total. The molecule has 4 N–H and O–H groups in total. The number of hydrogen-bond acceptors (Lipinski definition) is 8. The molecule has 140 valence electrons. The smallest absolute Gasteiger partial charge is 0.251 e. The molecule has 3 aromatic rings. The van der Waals surface area contributed by atoms with Crippen LogP contribution in [0.1, 0.15) is 17.3 Å². The van der Waals surface area contributed by atoms with Crippen molar-refractivity contribution >= 4 is 62.1 Å². The number of aromatic nitrogens is 2. The number of anilines is 3. The van der Waals surface area contributed by atoms with Gasteiger partial charge < -0.3 is 16.4 Å². The van der Waals surface area contributed by atoms with Crippen LogP contribution in [0.25, 0.3) is 0 Å². The van der Waals surface area contributed by atoms with E-state index >= 15 is 0 Å². The van der Waals surface area contributed by atoms with Gasteiger partial charge in [0.1, 0.15) is 10.8 Å². The Kier molecular flexibility index (Phi) is 6.04. The van der Waals surface area contributed by atoms with Gasteiger partial charge >= 0.3 is 0 Å². The van der Waals surface area contributed by atoms with Crippen LogP contribution >= 0.6 is 34.4 Å². The van der Waals surface area contributed by atoms with E-state index < -0.39 is 11.2 Å². The van der Waals surface area contributed by atoms with E-state index in [2.05, 4.69) is 20.8 Å². The Morgan fingerprint density at radius 1 is 1.22 bits per heavy atom. The molecule has 1 unspecified atom stereocenters. The Balaban J connectivity index is 1.59. The van der Waals surface area contributed by atoms with Crippen molar-refractivity contribution in [2.24, 2.45) is 5.73 Å². The second-order valence-corrected chi connectivity index (χ2v) is 8.76. The predicted octanol–water partition coefficient (Wildman–Crippen LogP) is 3.70. The molecule has 2 heterocycles.